The first-order valence-electron chi connectivity index (χ1n) is 6.78. The molecule has 0 saturated heterocycles. The Labute approximate surface area is 125 Å². The van der Waals surface area contributed by atoms with Gasteiger partial charge in [0.25, 0.3) is 0 Å². The molecule has 0 aliphatic rings. The van der Waals surface area contributed by atoms with Gasteiger partial charge in [0.2, 0.25) is 0 Å². The van der Waals surface area contributed by atoms with Crippen LogP contribution in [0.25, 0.3) is 0 Å². The van der Waals surface area contributed by atoms with E-state index in [1.165, 1.54) is 0 Å². The van der Waals surface area contributed by atoms with Crippen LogP contribution in [0.4, 0.5) is 0 Å². The fourth-order valence-electron chi connectivity index (χ4n) is 2.05. The van der Waals surface area contributed by atoms with Crippen molar-refractivity contribution in [3.8, 4) is 0 Å². The van der Waals surface area contributed by atoms with Gasteiger partial charge in [0, 0.05) is 15.7 Å². The van der Waals surface area contributed by atoms with Gasteiger partial charge in [-0.3, -0.25) is 0 Å². The SMILES string of the molecule is CCCNC(C)(CO)CC(C)Sc1ccccc1Cl. The highest BCUT2D eigenvalue weighted by Gasteiger charge is 2.25. The third-order valence-corrected chi connectivity index (χ3v) is 4.67. The minimum absolute atomic E-state index is 0.153. The Morgan fingerprint density at radius 2 is 2.11 bits per heavy atom. The Balaban J connectivity index is 2.58. The fraction of sp³-hybridized carbons (Fsp3) is 0.600. The average molecular weight is 302 g/mol. The van der Waals surface area contributed by atoms with E-state index in [1.54, 1.807) is 11.8 Å². The van der Waals surface area contributed by atoms with Crippen LogP contribution in [0.2, 0.25) is 5.02 Å². The Hall–Kier alpha value is -0.220. The quantitative estimate of drug-likeness (QED) is 0.713. The van der Waals surface area contributed by atoms with Crippen LogP contribution < -0.4 is 5.32 Å². The van der Waals surface area contributed by atoms with Crippen LogP contribution in [0.15, 0.2) is 29.2 Å². The second kappa shape index (κ2) is 8.15. The number of hydrogen-bond acceptors (Lipinski definition) is 3. The number of aliphatic hydroxyl groups excluding tert-OH is 1. The van der Waals surface area contributed by atoms with E-state index in [9.17, 15) is 5.11 Å². The van der Waals surface area contributed by atoms with Crippen molar-refractivity contribution in [3.05, 3.63) is 29.3 Å². The molecule has 19 heavy (non-hydrogen) atoms. The van der Waals surface area contributed by atoms with Crippen molar-refractivity contribution in [2.45, 2.75) is 49.3 Å². The maximum Gasteiger partial charge on any atom is 0.0611 e. The van der Waals surface area contributed by atoms with Gasteiger partial charge in [-0.25, -0.2) is 0 Å². The van der Waals surface area contributed by atoms with Crippen molar-refractivity contribution >= 4 is 23.4 Å². The Bertz CT molecular complexity index is 388. The first kappa shape index (κ1) is 16.8. The number of hydrogen-bond donors (Lipinski definition) is 2. The molecular formula is C15H24ClNOS. The van der Waals surface area contributed by atoms with E-state index in [2.05, 4.69) is 26.1 Å². The maximum atomic E-state index is 9.58. The van der Waals surface area contributed by atoms with Crippen LogP contribution in [-0.2, 0) is 0 Å². The molecule has 0 fully saturated rings. The van der Waals surface area contributed by atoms with E-state index in [0.717, 1.165) is 29.3 Å². The van der Waals surface area contributed by atoms with Crippen LogP contribution in [0.5, 0.6) is 0 Å². The van der Waals surface area contributed by atoms with E-state index in [4.69, 9.17) is 11.6 Å². The molecule has 0 amide bonds. The number of nitrogens with one attached hydrogen (secondary N) is 1. The van der Waals surface area contributed by atoms with Crippen LogP contribution in [0.1, 0.15) is 33.6 Å². The van der Waals surface area contributed by atoms with Gasteiger partial charge >= 0.3 is 0 Å². The van der Waals surface area contributed by atoms with Gasteiger partial charge in [-0.1, -0.05) is 37.6 Å². The smallest absolute Gasteiger partial charge is 0.0611 e. The van der Waals surface area contributed by atoms with Gasteiger partial charge in [0.05, 0.1) is 11.6 Å². The summed E-state index contributed by atoms with van der Waals surface area (Å²) in [7, 11) is 0. The fourth-order valence-corrected chi connectivity index (χ4v) is 3.54. The molecule has 0 spiro atoms. The first-order valence-corrected chi connectivity index (χ1v) is 8.03. The lowest BCUT2D eigenvalue weighted by atomic mass is 9.97. The molecule has 0 aliphatic carbocycles. The Kier molecular flexibility index (Phi) is 7.22. The summed E-state index contributed by atoms with van der Waals surface area (Å²) in [6, 6.07) is 7.90. The number of aliphatic hydroxyl groups is 1. The largest absolute Gasteiger partial charge is 0.394 e. The molecule has 0 radical (unpaired) electrons. The van der Waals surface area contributed by atoms with Gasteiger partial charge in [-0.05, 0) is 38.4 Å². The monoisotopic (exact) mass is 301 g/mol. The number of thioether (sulfide) groups is 1. The predicted octanol–water partition coefficient (Wildman–Crippen LogP) is 3.96. The summed E-state index contributed by atoms with van der Waals surface area (Å²) in [5.41, 5.74) is -0.219. The molecule has 4 heteroatoms. The lowest BCUT2D eigenvalue weighted by Gasteiger charge is -2.31. The first-order chi connectivity index (χ1) is 9.00. The lowest BCUT2D eigenvalue weighted by Crippen LogP contribution is -2.47. The van der Waals surface area contributed by atoms with E-state index in [1.807, 2.05) is 24.3 Å². The minimum Gasteiger partial charge on any atom is -0.394 e. The van der Waals surface area contributed by atoms with E-state index in [-0.39, 0.29) is 12.1 Å². The van der Waals surface area contributed by atoms with Crippen LogP contribution >= 0.6 is 23.4 Å². The van der Waals surface area contributed by atoms with Crippen molar-refractivity contribution in [1.29, 1.82) is 0 Å². The van der Waals surface area contributed by atoms with Crippen LogP contribution in [-0.4, -0.2) is 29.0 Å². The van der Waals surface area contributed by atoms with E-state index < -0.39 is 0 Å². The van der Waals surface area contributed by atoms with Crippen molar-refractivity contribution in [2.24, 2.45) is 0 Å². The molecule has 1 aromatic rings. The molecule has 2 nitrogen and oxygen atoms in total. The number of halogens is 1. The molecule has 2 atom stereocenters. The van der Waals surface area contributed by atoms with Gasteiger partial charge in [0.1, 0.15) is 0 Å². The molecule has 2 unspecified atom stereocenters. The van der Waals surface area contributed by atoms with E-state index >= 15 is 0 Å². The zero-order valence-electron chi connectivity index (χ0n) is 11.9. The van der Waals surface area contributed by atoms with Crippen molar-refractivity contribution < 1.29 is 5.11 Å². The van der Waals surface area contributed by atoms with Crippen molar-refractivity contribution in [1.82, 2.24) is 5.32 Å². The molecule has 2 N–H and O–H groups in total. The summed E-state index contributed by atoms with van der Waals surface area (Å²) in [4.78, 5) is 1.10. The predicted molar refractivity (Wildman–Crippen MR) is 85.2 cm³/mol. The van der Waals surface area contributed by atoms with Crippen LogP contribution in [0.3, 0.4) is 0 Å². The van der Waals surface area contributed by atoms with Crippen molar-refractivity contribution in [2.75, 3.05) is 13.2 Å². The molecule has 1 aromatic carbocycles. The van der Waals surface area contributed by atoms with Gasteiger partial charge < -0.3 is 10.4 Å². The molecule has 0 saturated carbocycles. The number of rotatable bonds is 8. The molecule has 0 aliphatic heterocycles. The standard InChI is InChI=1S/C15H24ClNOS/c1-4-9-17-15(3,11-18)10-12(2)19-14-8-6-5-7-13(14)16/h5-8,12,17-18H,4,9-11H2,1-3H3. The highest BCUT2D eigenvalue weighted by molar-refractivity contribution is 8.00. The summed E-state index contributed by atoms with van der Waals surface area (Å²) >= 11 is 7.93. The molecule has 108 valence electrons. The molecular weight excluding hydrogens is 278 g/mol. The maximum absolute atomic E-state index is 9.58. The minimum atomic E-state index is -0.219. The summed E-state index contributed by atoms with van der Waals surface area (Å²) < 4.78 is 0. The van der Waals surface area contributed by atoms with Crippen molar-refractivity contribution in [3.63, 3.8) is 0 Å². The topological polar surface area (TPSA) is 32.3 Å². The van der Waals surface area contributed by atoms with Crippen LogP contribution in [0, 0.1) is 0 Å². The summed E-state index contributed by atoms with van der Waals surface area (Å²) in [5, 5.41) is 14.2. The normalized spacial score (nSPS) is 16.1. The Morgan fingerprint density at radius 3 is 2.68 bits per heavy atom. The van der Waals surface area contributed by atoms with Gasteiger partial charge in [-0.2, -0.15) is 0 Å². The summed E-state index contributed by atoms with van der Waals surface area (Å²) in [6.45, 7) is 7.47. The highest BCUT2D eigenvalue weighted by atomic mass is 35.5. The zero-order valence-corrected chi connectivity index (χ0v) is 13.5. The zero-order chi connectivity index (χ0) is 14.3. The van der Waals surface area contributed by atoms with Gasteiger partial charge in [-0.15, -0.1) is 11.8 Å². The summed E-state index contributed by atoms with van der Waals surface area (Å²) in [5.74, 6) is 0. The Morgan fingerprint density at radius 1 is 1.42 bits per heavy atom. The molecule has 0 heterocycles. The highest BCUT2D eigenvalue weighted by Crippen LogP contribution is 2.33. The third-order valence-electron chi connectivity index (χ3n) is 3.05. The van der Waals surface area contributed by atoms with Gasteiger partial charge in [0.15, 0.2) is 0 Å². The third kappa shape index (κ3) is 5.74. The lowest BCUT2D eigenvalue weighted by molar-refractivity contribution is 0.166. The number of benzene rings is 1. The second-order valence-corrected chi connectivity index (χ2v) is 7.10. The second-order valence-electron chi connectivity index (χ2n) is 5.21. The summed E-state index contributed by atoms with van der Waals surface area (Å²) in [6.07, 6.45) is 1.97. The molecule has 0 bridgehead atoms. The van der Waals surface area contributed by atoms with E-state index in [0.29, 0.717) is 5.25 Å². The average Bonchev–Trinajstić information content (AvgIpc) is 2.39. The molecule has 0 aromatic heterocycles. The molecule has 1 rings (SSSR count).